The Labute approximate surface area is 133 Å². The molecule has 6 nitrogen and oxygen atoms in total. The van der Waals surface area contributed by atoms with Gasteiger partial charge in [-0.3, -0.25) is 9.59 Å². The van der Waals surface area contributed by atoms with Gasteiger partial charge in [0.15, 0.2) is 0 Å². The van der Waals surface area contributed by atoms with Crippen LogP contribution >= 0.6 is 0 Å². The second kappa shape index (κ2) is 12.4. The van der Waals surface area contributed by atoms with Gasteiger partial charge in [0.2, 0.25) is 0 Å². The van der Waals surface area contributed by atoms with Crippen molar-refractivity contribution in [3.8, 4) is 0 Å². The van der Waals surface area contributed by atoms with Crippen LogP contribution in [-0.4, -0.2) is 51.6 Å². The third-order valence-electron chi connectivity index (χ3n) is 3.54. The number of rotatable bonds is 12. The van der Waals surface area contributed by atoms with Crippen molar-refractivity contribution in [2.75, 3.05) is 27.4 Å². The van der Waals surface area contributed by atoms with Gasteiger partial charge in [0.1, 0.15) is 0 Å². The lowest BCUT2D eigenvalue weighted by molar-refractivity contribution is -0.150. The molecule has 0 aromatic carbocycles. The van der Waals surface area contributed by atoms with Gasteiger partial charge in [-0.25, -0.2) is 0 Å². The predicted octanol–water partition coefficient (Wildman–Crippen LogP) is 2.34. The molecule has 0 radical (unpaired) electrons. The van der Waals surface area contributed by atoms with E-state index in [0.717, 1.165) is 0 Å². The third-order valence-corrected chi connectivity index (χ3v) is 3.54. The van der Waals surface area contributed by atoms with Crippen LogP contribution in [0.15, 0.2) is 0 Å². The number of esters is 2. The molecule has 3 atom stereocenters. The molecule has 0 amide bonds. The minimum atomic E-state index is -0.316. The van der Waals surface area contributed by atoms with Gasteiger partial charge in [0.25, 0.3) is 0 Å². The van der Waals surface area contributed by atoms with Crippen LogP contribution in [-0.2, 0) is 28.5 Å². The second-order valence-corrected chi connectivity index (χ2v) is 5.50. The highest BCUT2D eigenvalue weighted by molar-refractivity contribution is 5.74. The normalized spacial score (nSPS) is 15.0. The zero-order chi connectivity index (χ0) is 17.0. The summed E-state index contributed by atoms with van der Waals surface area (Å²) in [7, 11) is 3.24. The van der Waals surface area contributed by atoms with Crippen LogP contribution in [0.25, 0.3) is 0 Å². The summed E-state index contributed by atoms with van der Waals surface area (Å²) in [6, 6.07) is 0. The van der Waals surface area contributed by atoms with Gasteiger partial charge in [-0.2, -0.15) is 0 Å². The molecule has 0 heterocycles. The zero-order valence-corrected chi connectivity index (χ0v) is 14.4. The fourth-order valence-corrected chi connectivity index (χ4v) is 1.57. The summed E-state index contributed by atoms with van der Waals surface area (Å²) < 4.78 is 20.4. The quantitative estimate of drug-likeness (QED) is 0.514. The van der Waals surface area contributed by atoms with E-state index in [0.29, 0.717) is 32.5 Å². The first-order valence-corrected chi connectivity index (χ1v) is 7.78. The Balaban J connectivity index is 3.75. The minimum absolute atomic E-state index is 0.0626. The van der Waals surface area contributed by atoms with E-state index in [1.54, 1.807) is 21.1 Å². The Morgan fingerprint density at radius 1 is 0.818 bits per heavy atom. The Kier molecular flexibility index (Phi) is 11.8. The van der Waals surface area contributed by atoms with Crippen LogP contribution in [0.5, 0.6) is 0 Å². The fourth-order valence-electron chi connectivity index (χ4n) is 1.57. The number of ether oxygens (including phenoxy) is 4. The van der Waals surface area contributed by atoms with E-state index < -0.39 is 0 Å². The minimum Gasteiger partial charge on any atom is -0.466 e. The van der Waals surface area contributed by atoms with Gasteiger partial charge in [-0.05, 0) is 20.3 Å². The maximum absolute atomic E-state index is 11.7. The van der Waals surface area contributed by atoms with Gasteiger partial charge in [0.05, 0.1) is 31.3 Å². The van der Waals surface area contributed by atoms with Crippen molar-refractivity contribution in [3.63, 3.8) is 0 Å². The van der Waals surface area contributed by atoms with Crippen LogP contribution in [0.4, 0.5) is 0 Å². The molecule has 0 aliphatic heterocycles. The van der Waals surface area contributed by atoms with Gasteiger partial charge < -0.3 is 18.9 Å². The highest BCUT2D eigenvalue weighted by Crippen LogP contribution is 2.10. The molecule has 3 unspecified atom stereocenters. The average Bonchev–Trinajstić information content (AvgIpc) is 2.51. The van der Waals surface area contributed by atoms with Crippen LogP contribution < -0.4 is 0 Å². The molecule has 0 aromatic heterocycles. The molecule has 0 rings (SSSR count). The lowest BCUT2D eigenvalue weighted by atomic mass is 10.1. The van der Waals surface area contributed by atoms with E-state index >= 15 is 0 Å². The van der Waals surface area contributed by atoms with Crippen LogP contribution in [0.3, 0.4) is 0 Å². The lowest BCUT2D eigenvalue weighted by Gasteiger charge is -2.13. The number of carbonyl (C=O) groups excluding carboxylic acids is 2. The topological polar surface area (TPSA) is 71.1 Å². The third kappa shape index (κ3) is 10.6. The standard InChI is InChI=1S/C16H30O6/c1-12(16(18)22-11-9-14(3)20-5)6-7-15(17)21-10-8-13(2)19-4/h12-14H,6-11H2,1-5H3. The molecule has 0 aliphatic rings. The molecule has 0 aromatic rings. The molecule has 0 fully saturated rings. The van der Waals surface area contributed by atoms with Crippen molar-refractivity contribution < 1.29 is 28.5 Å². The summed E-state index contributed by atoms with van der Waals surface area (Å²) in [4.78, 5) is 23.3. The molecule has 0 N–H and O–H groups in total. The van der Waals surface area contributed by atoms with Gasteiger partial charge in [-0.15, -0.1) is 0 Å². The first-order valence-electron chi connectivity index (χ1n) is 7.78. The van der Waals surface area contributed by atoms with E-state index in [2.05, 4.69) is 0 Å². The smallest absolute Gasteiger partial charge is 0.308 e. The maximum Gasteiger partial charge on any atom is 0.308 e. The highest BCUT2D eigenvalue weighted by Gasteiger charge is 2.17. The van der Waals surface area contributed by atoms with Crippen molar-refractivity contribution in [2.24, 2.45) is 5.92 Å². The monoisotopic (exact) mass is 318 g/mol. The average molecular weight is 318 g/mol. The molecule has 0 bridgehead atoms. The fraction of sp³-hybridized carbons (Fsp3) is 0.875. The second-order valence-electron chi connectivity index (χ2n) is 5.50. The van der Waals surface area contributed by atoms with Crippen molar-refractivity contribution >= 4 is 11.9 Å². The molecular formula is C16H30O6. The SMILES string of the molecule is COC(C)CCOC(=O)CCC(C)C(=O)OCCC(C)OC. The molecule has 130 valence electrons. The first kappa shape index (κ1) is 20.9. The molecule has 22 heavy (non-hydrogen) atoms. The highest BCUT2D eigenvalue weighted by atomic mass is 16.5. The van der Waals surface area contributed by atoms with Crippen LogP contribution in [0, 0.1) is 5.92 Å². The summed E-state index contributed by atoms with van der Waals surface area (Å²) in [5.74, 6) is -0.900. The van der Waals surface area contributed by atoms with E-state index in [1.165, 1.54) is 0 Å². The zero-order valence-electron chi connectivity index (χ0n) is 14.4. The van der Waals surface area contributed by atoms with Gasteiger partial charge in [-0.1, -0.05) is 6.92 Å². The Hall–Kier alpha value is -1.14. The van der Waals surface area contributed by atoms with E-state index in [-0.39, 0.29) is 36.5 Å². The summed E-state index contributed by atoms with van der Waals surface area (Å²) in [5.41, 5.74) is 0. The van der Waals surface area contributed by atoms with Gasteiger partial charge in [0, 0.05) is 33.5 Å². The van der Waals surface area contributed by atoms with Crippen LogP contribution in [0.1, 0.15) is 46.5 Å². The van der Waals surface area contributed by atoms with E-state index in [9.17, 15) is 9.59 Å². The Morgan fingerprint density at radius 2 is 1.32 bits per heavy atom. The van der Waals surface area contributed by atoms with Crippen molar-refractivity contribution in [2.45, 2.75) is 58.7 Å². The first-order chi connectivity index (χ1) is 10.4. The van der Waals surface area contributed by atoms with Crippen molar-refractivity contribution in [1.82, 2.24) is 0 Å². The van der Waals surface area contributed by atoms with E-state index in [1.807, 2.05) is 13.8 Å². The molecule has 0 saturated carbocycles. The molecule has 6 heteroatoms. The lowest BCUT2D eigenvalue weighted by Crippen LogP contribution is -2.19. The summed E-state index contributed by atoms with van der Waals surface area (Å²) in [6.45, 7) is 6.25. The van der Waals surface area contributed by atoms with Crippen molar-refractivity contribution in [3.05, 3.63) is 0 Å². The molecular weight excluding hydrogens is 288 g/mol. The summed E-state index contributed by atoms with van der Waals surface area (Å²) in [6.07, 6.45) is 2.10. The summed E-state index contributed by atoms with van der Waals surface area (Å²) >= 11 is 0. The number of hydrogen-bond donors (Lipinski definition) is 0. The molecule has 0 aliphatic carbocycles. The maximum atomic E-state index is 11.7. The Morgan fingerprint density at radius 3 is 1.82 bits per heavy atom. The summed E-state index contributed by atoms with van der Waals surface area (Å²) in [5, 5.41) is 0. The number of methoxy groups -OCH3 is 2. The predicted molar refractivity (Wildman–Crippen MR) is 82.5 cm³/mol. The van der Waals surface area contributed by atoms with Crippen LogP contribution in [0.2, 0.25) is 0 Å². The van der Waals surface area contributed by atoms with Crippen molar-refractivity contribution in [1.29, 1.82) is 0 Å². The largest absolute Gasteiger partial charge is 0.466 e. The van der Waals surface area contributed by atoms with Gasteiger partial charge >= 0.3 is 11.9 Å². The molecule has 0 spiro atoms. The Bertz CT molecular complexity index is 318. The number of hydrogen-bond acceptors (Lipinski definition) is 6. The number of carbonyl (C=O) groups is 2. The van der Waals surface area contributed by atoms with E-state index in [4.69, 9.17) is 18.9 Å². The molecule has 0 saturated heterocycles.